The van der Waals surface area contributed by atoms with Gasteiger partial charge in [0.1, 0.15) is 17.3 Å². The lowest BCUT2D eigenvalue weighted by Crippen LogP contribution is -2.47. The average molecular weight is 365 g/mol. The molecular formula is C20H17F2N5. The first kappa shape index (κ1) is 16.2. The van der Waals surface area contributed by atoms with E-state index in [9.17, 15) is 8.78 Å². The second-order valence-corrected chi connectivity index (χ2v) is 6.99. The number of hydrogen-bond acceptors (Lipinski definition) is 5. The lowest BCUT2D eigenvalue weighted by Gasteiger charge is -2.47. The Hall–Kier alpha value is -2.96. The quantitative estimate of drug-likeness (QED) is 0.646. The maximum Gasteiger partial charge on any atom is 0.217 e. The predicted octanol–water partition coefficient (Wildman–Crippen LogP) is 3.87. The van der Waals surface area contributed by atoms with E-state index in [0.717, 1.165) is 42.3 Å². The van der Waals surface area contributed by atoms with Gasteiger partial charge in [0.25, 0.3) is 0 Å². The second kappa shape index (κ2) is 6.33. The fraction of sp³-hybridized carbons (Fsp3) is 0.300. The summed E-state index contributed by atoms with van der Waals surface area (Å²) < 4.78 is 27.4. The standard InChI is InChI=1S/C20H17F2N5/c21-12-8-18(22)26-19(9-12)27-13-4-3-6-17(27)14-11-24-20(25-16(14)10-13)15-5-1-2-7-23-15/h1-2,5,7-9,11,13,17H,3-4,6,10H2/t13-,17+/m0/s1. The molecule has 2 aliphatic heterocycles. The largest absolute Gasteiger partial charge is 0.346 e. The Balaban J connectivity index is 1.57. The SMILES string of the molecule is Fc1cc(F)nc(N2[C@H]3CCC[C@@H]2c2cnc(-c4ccccn4)nc2C3)c1. The van der Waals surface area contributed by atoms with E-state index in [1.807, 2.05) is 29.3 Å². The third-order valence-electron chi connectivity index (χ3n) is 5.34. The molecule has 27 heavy (non-hydrogen) atoms. The van der Waals surface area contributed by atoms with E-state index in [0.29, 0.717) is 18.1 Å². The van der Waals surface area contributed by atoms with Crippen LogP contribution in [0.3, 0.4) is 0 Å². The van der Waals surface area contributed by atoms with Crippen molar-refractivity contribution in [2.24, 2.45) is 0 Å². The highest BCUT2D eigenvalue weighted by molar-refractivity contribution is 5.52. The van der Waals surface area contributed by atoms with Gasteiger partial charge in [0.05, 0.1) is 11.7 Å². The first-order valence-corrected chi connectivity index (χ1v) is 9.08. The van der Waals surface area contributed by atoms with Crippen LogP contribution in [-0.4, -0.2) is 26.0 Å². The van der Waals surface area contributed by atoms with Crippen molar-refractivity contribution in [1.82, 2.24) is 19.9 Å². The number of nitrogens with zero attached hydrogens (tertiary/aromatic N) is 5. The van der Waals surface area contributed by atoms with Gasteiger partial charge in [-0.1, -0.05) is 6.07 Å². The van der Waals surface area contributed by atoms with E-state index in [1.54, 1.807) is 6.20 Å². The zero-order valence-electron chi connectivity index (χ0n) is 14.5. The first-order valence-electron chi connectivity index (χ1n) is 9.08. The van der Waals surface area contributed by atoms with Gasteiger partial charge in [-0.2, -0.15) is 4.39 Å². The molecule has 7 heteroatoms. The van der Waals surface area contributed by atoms with Gasteiger partial charge in [-0.15, -0.1) is 0 Å². The molecule has 0 radical (unpaired) electrons. The Morgan fingerprint density at radius 3 is 2.78 bits per heavy atom. The molecule has 0 N–H and O–H groups in total. The van der Waals surface area contributed by atoms with Crippen molar-refractivity contribution in [2.75, 3.05) is 4.90 Å². The van der Waals surface area contributed by atoms with Crippen LogP contribution in [0.4, 0.5) is 14.6 Å². The van der Waals surface area contributed by atoms with Crippen molar-refractivity contribution in [3.05, 3.63) is 65.7 Å². The van der Waals surface area contributed by atoms with Gasteiger partial charge in [0, 0.05) is 42.6 Å². The van der Waals surface area contributed by atoms with Crippen LogP contribution in [-0.2, 0) is 6.42 Å². The molecular weight excluding hydrogens is 348 g/mol. The molecule has 5 rings (SSSR count). The molecule has 0 aromatic carbocycles. The summed E-state index contributed by atoms with van der Waals surface area (Å²) in [6.07, 6.45) is 7.15. The van der Waals surface area contributed by atoms with Crippen molar-refractivity contribution in [2.45, 2.75) is 37.8 Å². The van der Waals surface area contributed by atoms with Crippen LogP contribution in [0.15, 0.2) is 42.7 Å². The lowest BCUT2D eigenvalue weighted by atomic mass is 9.82. The summed E-state index contributed by atoms with van der Waals surface area (Å²) in [5.41, 5.74) is 2.74. The predicted molar refractivity (Wildman–Crippen MR) is 96.0 cm³/mol. The number of pyridine rings is 2. The molecule has 1 fully saturated rings. The van der Waals surface area contributed by atoms with E-state index in [2.05, 4.69) is 15.0 Å². The fourth-order valence-electron chi connectivity index (χ4n) is 4.23. The van der Waals surface area contributed by atoms with Crippen LogP contribution < -0.4 is 4.90 Å². The molecule has 3 aromatic rings. The number of piperidine rings is 1. The van der Waals surface area contributed by atoms with Gasteiger partial charge < -0.3 is 4.90 Å². The zero-order valence-corrected chi connectivity index (χ0v) is 14.5. The van der Waals surface area contributed by atoms with Crippen LogP contribution in [0.5, 0.6) is 0 Å². The minimum Gasteiger partial charge on any atom is -0.346 e. The Kier molecular flexibility index (Phi) is 3.81. The molecule has 2 bridgehead atoms. The van der Waals surface area contributed by atoms with E-state index in [4.69, 9.17) is 4.98 Å². The molecule has 2 aliphatic rings. The van der Waals surface area contributed by atoms with E-state index < -0.39 is 11.8 Å². The lowest BCUT2D eigenvalue weighted by molar-refractivity contribution is 0.352. The summed E-state index contributed by atoms with van der Waals surface area (Å²) >= 11 is 0. The zero-order chi connectivity index (χ0) is 18.4. The fourth-order valence-corrected chi connectivity index (χ4v) is 4.23. The second-order valence-electron chi connectivity index (χ2n) is 6.99. The van der Waals surface area contributed by atoms with Gasteiger partial charge >= 0.3 is 0 Å². The van der Waals surface area contributed by atoms with Crippen LogP contribution in [0.2, 0.25) is 0 Å². The number of halogens is 2. The molecule has 5 nitrogen and oxygen atoms in total. The summed E-state index contributed by atoms with van der Waals surface area (Å²) in [5.74, 6) is -0.448. The highest BCUT2D eigenvalue weighted by atomic mass is 19.1. The monoisotopic (exact) mass is 365 g/mol. The van der Waals surface area contributed by atoms with Crippen LogP contribution >= 0.6 is 0 Å². The Morgan fingerprint density at radius 1 is 1.04 bits per heavy atom. The van der Waals surface area contributed by atoms with Crippen LogP contribution in [0, 0.1) is 11.8 Å². The smallest absolute Gasteiger partial charge is 0.217 e. The number of hydrogen-bond donors (Lipinski definition) is 0. The van der Waals surface area contributed by atoms with E-state index in [-0.39, 0.29) is 12.1 Å². The first-order chi connectivity index (χ1) is 13.2. The van der Waals surface area contributed by atoms with E-state index >= 15 is 0 Å². The van der Waals surface area contributed by atoms with Crippen molar-refractivity contribution in [1.29, 1.82) is 0 Å². The summed E-state index contributed by atoms with van der Waals surface area (Å²) in [7, 11) is 0. The Bertz CT molecular complexity index is 975. The minimum atomic E-state index is -0.796. The van der Waals surface area contributed by atoms with Gasteiger partial charge in [0.15, 0.2) is 5.82 Å². The van der Waals surface area contributed by atoms with Gasteiger partial charge in [-0.25, -0.2) is 19.3 Å². The molecule has 2 atom stereocenters. The van der Waals surface area contributed by atoms with Crippen molar-refractivity contribution >= 4 is 5.82 Å². The molecule has 136 valence electrons. The number of aromatic nitrogens is 4. The van der Waals surface area contributed by atoms with Gasteiger partial charge in [0.2, 0.25) is 5.95 Å². The topological polar surface area (TPSA) is 54.8 Å². The maximum atomic E-state index is 13.8. The van der Waals surface area contributed by atoms with Crippen molar-refractivity contribution < 1.29 is 8.78 Å². The normalized spacial score (nSPS) is 21.0. The van der Waals surface area contributed by atoms with Gasteiger partial charge in [-0.3, -0.25) is 4.98 Å². The Labute approximate surface area is 155 Å². The third kappa shape index (κ3) is 2.83. The van der Waals surface area contributed by atoms with E-state index in [1.165, 1.54) is 6.07 Å². The molecule has 3 aromatic heterocycles. The molecule has 0 amide bonds. The highest BCUT2D eigenvalue weighted by Crippen LogP contribution is 2.43. The molecule has 0 unspecified atom stereocenters. The number of fused-ring (bicyclic) bond motifs is 4. The Morgan fingerprint density at radius 2 is 1.96 bits per heavy atom. The third-order valence-corrected chi connectivity index (χ3v) is 5.34. The van der Waals surface area contributed by atoms with Crippen molar-refractivity contribution in [3.63, 3.8) is 0 Å². The summed E-state index contributed by atoms with van der Waals surface area (Å²) in [6.45, 7) is 0. The minimum absolute atomic E-state index is 0.0148. The molecule has 0 saturated carbocycles. The van der Waals surface area contributed by atoms with Gasteiger partial charge in [-0.05, 0) is 31.4 Å². The summed E-state index contributed by atoms with van der Waals surface area (Å²) in [6, 6.07) is 7.87. The van der Waals surface area contributed by atoms with Crippen LogP contribution in [0.25, 0.3) is 11.5 Å². The molecule has 0 aliphatic carbocycles. The summed E-state index contributed by atoms with van der Waals surface area (Å²) in [5, 5.41) is 0. The van der Waals surface area contributed by atoms with Crippen molar-refractivity contribution in [3.8, 4) is 11.5 Å². The highest BCUT2D eigenvalue weighted by Gasteiger charge is 2.39. The number of rotatable bonds is 2. The molecule has 0 spiro atoms. The molecule has 5 heterocycles. The van der Waals surface area contributed by atoms with Crippen LogP contribution in [0.1, 0.15) is 36.6 Å². The summed E-state index contributed by atoms with van der Waals surface area (Å²) in [4.78, 5) is 19.6. The average Bonchev–Trinajstić information content (AvgIpc) is 2.67. The number of anilines is 1. The molecule has 1 saturated heterocycles. The maximum absolute atomic E-state index is 13.8.